The maximum absolute atomic E-state index is 7.43. The first-order valence-corrected chi connectivity index (χ1v) is 15.3. The van der Waals surface area contributed by atoms with Gasteiger partial charge in [0.25, 0.3) is 0 Å². The summed E-state index contributed by atoms with van der Waals surface area (Å²) in [6.07, 6.45) is 3.15. The summed E-state index contributed by atoms with van der Waals surface area (Å²) in [5.74, 6) is 2.41. The molecule has 0 fully saturated rings. The van der Waals surface area contributed by atoms with Crippen LogP contribution in [0.5, 0.6) is 5.75 Å². The molecule has 0 bridgehead atoms. The molecule has 3 atom stereocenters. The van der Waals surface area contributed by atoms with Gasteiger partial charge in [-0.15, -0.1) is 0 Å². The van der Waals surface area contributed by atoms with Gasteiger partial charge in [-0.25, -0.2) is 0 Å². The second kappa shape index (κ2) is 9.37. The number of hydrogen-bond donors (Lipinski definition) is 1. The molecule has 0 saturated carbocycles. The summed E-state index contributed by atoms with van der Waals surface area (Å²) < 4.78 is 7.43. The molecule has 4 nitrogen and oxygen atoms in total. The Hall–Kier alpha value is -3.79. The molecule has 3 aliphatic heterocycles. The molecule has 3 aliphatic rings. The van der Waals surface area contributed by atoms with Gasteiger partial charge in [-0.3, -0.25) is 4.99 Å². The van der Waals surface area contributed by atoms with Crippen LogP contribution in [-0.4, -0.2) is 18.5 Å². The number of nitrogens with one attached hydrogen (secondary N) is 1. The second-order valence-electron chi connectivity index (χ2n) is 13.0. The zero-order valence-electron chi connectivity index (χ0n) is 25.1. The minimum Gasteiger partial charge on any atom is -0.460 e. The molecule has 0 radical (unpaired) electrons. The summed E-state index contributed by atoms with van der Waals surface area (Å²) in [6, 6.07) is 28.5. The summed E-state index contributed by atoms with van der Waals surface area (Å²) >= 11 is 0. The van der Waals surface area contributed by atoms with Gasteiger partial charge in [0.2, 0.25) is 5.72 Å². The van der Waals surface area contributed by atoms with Crippen LogP contribution in [0.1, 0.15) is 52.7 Å². The molecule has 0 aromatic heterocycles. The fourth-order valence-electron chi connectivity index (χ4n) is 8.03. The molecule has 7 rings (SSSR count). The Morgan fingerprint density at radius 1 is 0.780 bits per heavy atom. The van der Waals surface area contributed by atoms with Crippen molar-refractivity contribution in [1.29, 1.82) is 0 Å². The van der Waals surface area contributed by atoms with Crippen LogP contribution in [0.4, 0.5) is 22.7 Å². The van der Waals surface area contributed by atoms with Crippen LogP contribution >= 0.6 is 0 Å². The highest BCUT2D eigenvalue weighted by Crippen LogP contribution is 2.61. The fourth-order valence-corrected chi connectivity index (χ4v) is 8.03. The van der Waals surface area contributed by atoms with Crippen molar-refractivity contribution in [3.05, 3.63) is 90.0 Å². The molecule has 3 unspecified atom stereocenters. The van der Waals surface area contributed by atoms with Crippen molar-refractivity contribution in [2.24, 2.45) is 28.7 Å². The molecule has 3 heterocycles. The smallest absolute Gasteiger partial charge is 0.227 e. The summed E-state index contributed by atoms with van der Waals surface area (Å²) in [7, 11) is 0. The predicted molar refractivity (Wildman–Crippen MR) is 172 cm³/mol. The number of rotatable bonds is 5. The van der Waals surface area contributed by atoms with E-state index in [1.165, 1.54) is 27.9 Å². The maximum Gasteiger partial charge on any atom is 0.227 e. The van der Waals surface area contributed by atoms with E-state index in [-0.39, 0.29) is 5.41 Å². The van der Waals surface area contributed by atoms with Crippen molar-refractivity contribution in [3.8, 4) is 5.75 Å². The van der Waals surface area contributed by atoms with Gasteiger partial charge in [-0.2, -0.15) is 0 Å². The Labute approximate surface area is 244 Å². The van der Waals surface area contributed by atoms with E-state index in [0.717, 1.165) is 35.5 Å². The Balaban J connectivity index is 1.46. The number of para-hydroxylation sites is 2. The standard InChI is InChI=1S/C37H41N3O/c1-23(2)25(5)37(26(6)24(3)4)30-16-10-11-17-31(30)39-36(37)22-38-35-29-15-9-8-14-28(29)33(21-34(35)41-36)40-20-19-27-13-7-12-18-32(27)40/h7-18,21-26,39H,19-20H2,1-6H3. The van der Waals surface area contributed by atoms with Crippen LogP contribution < -0.4 is 15.0 Å². The van der Waals surface area contributed by atoms with E-state index in [1.54, 1.807) is 0 Å². The predicted octanol–water partition coefficient (Wildman–Crippen LogP) is 9.27. The monoisotopic (exact) mass is 543 g/mol. The van der Waals surface area contributed by atoms with Gasteiger partial charge in [-0.1, -0.05) is 102 Å². The highest BCUT2D eigenvalue weighted by Gasteiger charge is 2.66. The minimum absolute atomic E-state index is 0.320. The molecular weight excluding hydrogens is 502 g/mol. The SMILES string of the molecule is CC(C)C(C)C1(C(C)C(C)C)c2ccccc2NC12C=Nc1c(cc(N3CCc4ccccc43)c3ccccc13)O2. The first-order valence-electron chi connectivity index (χ1n) is 15.3. The zero-order chi connectivity index (χ0) is 28.5. The van der Waals surface area contributed by atoms with E-state index in [2.05, 4.69) is 137 Å². The van der Waals surface area contributed by atoms with E-state index >= 15 is 0 Å². The van der Waals surface area contributed by atoms with Crippen LogP contribution in [0.3, 0.4) is 0 Å². The molecule has 1 spiro atoms. The molecule has 1 N–H and O–H groups in total. The van der Waals surface area contributed by atoms with E-state index in [4.69, 9.17) is 9.73 Å². The minimum atomic E-state index is -0.806. The van der Waals surface area contributed by atoms with E-state index in [0.29, 0.717) is 23.7 Å². The van der Waals surface area contributed by atoms with Crippen molar-refractivity contribution >= 4 is 39.7 Å². The highest BCUT2D eigenvalue weighted by molar-refractivity contribution is 6.07. The number of benzene rings is 4. The third-order valence-corrected chi connectivity index (χ3v) is 10.5. The molecule has 4 aromatic carbocycles. The summed E-state index contributed by atoms with van der Waals surface area (Å²) in [6.45, 7) is 15.2. The molecule has 41 heavy (non-hydrogen) atoms. The maximum atomic E-state index is 7.43. The van der Waals surface area contributed by atoms with Crippen molar-refractivity contribution < 1.29 is 4.74 Å². The Kier molecular flexibility index (Phi) is 5.97. The largest absolute Gasteiger partial charge is 0.460 e. The van der Waals surface area contributed by atoms with Gasteiger partial charge < -0.3 is 15.0 Å². The first kappa shape index (κ1) is 26.1. The number of nitrogens with zero attached hydrogens (tertiary/aromatic N) is 2. The topological polar surface area (TPSA) is 36.9 Å². The Morgan fingerprint density at radius 3 is 2.20 bits per heavy atom. The molecular formula is C37H41N3O. The Bertz CT molecular complexity index is 1660. The van der Waals surface area contributed by atoms with Gasteiger partial charge >= 0.3 is 0 Å². The van der Waals surface area contributed by atoms with Gasteiger partial charge in [0.1, 0.15) is 5.69 Å². The normalized spacial score (nSPS) is 23.9. The van der Waals surface area contributed by atoms with Gasteiger partial charge in [0.15, 0.2) is 5.75 Å². The lowest BCUT2D eigenvalue weighted by Crippen LogP contribution is -2.65. The Morgan fingerprint density at radius 2 is 1.44 bits per heavy atom. The van der Waals surface area contributed by atoms with Crippen molar-refractivity contribution in [2.75, 3.05) is 16.8 Å². The summed E-state index contributed by atoms with van der Waals surface area (Å²) in [5, 5.41) is 6.26. The van der Waals surface area contributed by atoms with Crippen LogP contribution in [0.25, 0.3) is 10.8 Å². The lowest BCUT2D eigenvalue weighted by molar-refractivity contribution is -0.0151. The number of anilines is 3. The van der Waals surface area contributed by atoms with Gasteiger partial charge in [-0.05, 0) is 53.4 Å². The molecule has 0 aliphatic carbocycles. The van der Waals surface area contributed by atoms with E-state index < -0.39 is 5.72 Å². The van der Waals surface area contributed by atoms with Crippen LogP contribution in [0, 0.1) is 23.7 Å². The van der Waals surface area contributed by atoms with Crippen LogP contribution in [0.2, 0.25) is 0 Å². The molecule has 4 aromatic rings. The van der Waals surface area contributed by atoms with Crippen molar-refractivity contribution in [3.63, 3.8) is 0 Å². The molecule has 210 valence electrons. The zero-order valence-corrected chi connectivity index (χ0v) is 25.1. The highest BCUT2D eigenvalue weighted by atomic mass is 16.5. The first-order chi connectivity index (χ1) is 19.8. The third kappa shape index (κ3) is 3.55. The average molecular weight is 544 g/mol. The molecule has 4 heteroatoms. The van der Waals surface area contributed by atoms with Gasteiger partial charge in [0.05, 0.1) is 17.3 Å². The third-order valence-electron chi connectivity index (χ3n) is 10.5. The van der Waals surface area contributed by atoms with E-state index in [9.17, 15) is 0 Å². The van der Waals surface area contributed by atoms with Crippen LogP contribution in [-0.2, 0) is 11.8 Å². The fraction of sp³-hybridized carbons (Fsp3) is 0.378. The number of aliphatic imine (C=N–C) groups is 1. The van der Waals surface area contributed by atoms with Crippen molar-refractivity contribution in [1.82, 2.24) is 0 Å². The number of ether oxygens (including phenoxy) is 1. The lowest BCUT2D eigenvalue weighted by atomic mass is 9.54. The van der Waals surface area contributed by atoms with Crippen LogP contribution in [0.15, 0.2) is 83.9 Å². The summed E-state index contributed by atoms with van der Waals surface area (Å²) in [5.41, 5.74) is 6.15. The van der Waals surface area contributed by atoms with Gasteiger partial charge in [0, 0.05) is 34.8 Å². The quantitative estimate of drug-likeness (QED) is 0.272. The van der Waals surface area contributed by atoms with E-state index in [1.807, 2.05) is 0 Å². The summed E-state index contributed by atoms with van der Waals surface area (Å²) in [4.78, 5) is 7.76. The van der Waals surface area contributed by atoms with Crippen molar-refractivity contribution in [2.45, 2.75) is 59.1 Å². The molecule has 0 saturated heterocycles. The molecule has 0 amide bonds. The number of hydrogen-bond acceptors (Lipinski definition) is 4. The average Bonchev–Trinajstić information content (AvgIpc) is 3.53. The second-order valence-corrected chi connectivity index (χ2v) is 13.0. The lowest BCUT2D eigenvalue weighted by Gasteiger charge is -2.54. The number of fused-ring (bicyclic) bond motifs is 5.